The first-order chi connectivity index (χ1) is 15.7. The summed E-state index contributed by atoms with van der Waals surface area (Å²) in [6.07, 6.45) is 12.0. The highest BCUT2D eigenvalue weighted by molar-refractivity contribution is 6.00. The molecular weight excluding hydrogens is 398 g/mol. The number of aryl methyl sites for hydroxylation is 1. The molecule has 0 saturated heterocycles. The predicted molar refractivity (Wildman–Crippen MR) is 130 cm³/mol. The van der Waals surface area contributed by atoms with Crippen LogP contribution in [0.25, 0.3) is 23.1 Å². The molecule has 0 fully saturated rings. The smallest absolute Gasteiger partial charge is 0.254 e. The average molecular weight is 422 g/mol. The minimum Gasteiger partial charge on any atom is -0.355 e. The van der Waals surface area contributed by atoms with Crippen LogP contribution in [0.2, 0.25) is 0 Å². The fourth-order valence-corrected chi connectivity index (χ4v) is 3.39. The van der Waals surface area contributed by atoms with Gasteiger partial charge in [-0.25, -0.2) is 0 Å². The lowest BCUT2D eigenvalue weighted by molar-refractivity contribution is 0.0959. The number of aromatic amines is 1. The predicted octanol–water partition coefficient (Wildman–Crippen LogP) is 4.80. The number of hydrogen-bond acceptors (Lipinski definition) is 4. The number of benzene rings is 2. The lowest BCUT2D eigenvalue weighted by Gasteiger charge is -2.11. The summed E-state index contributed by atoms with van der Waals surface area (Å²) in [6.45, 7) is 2.31. The quantitative estimate of drug-likeness (QED) is 0.375. The van der Waals surface area contributed by atoms with Gasteiger partial charge in [-0.1, -0.05) is 25.0 Å². The number of terminal acetylenes is 1. The highest BCUT2D eigenvalue weighted by atomic mass is 16.1. The van der Waals surface area contributed by atoms with Gasteiger partial charge in [-0.2, -0.15) is 5.10 Å². The van der Waals surface area contributed by atoms with Crippen molar-refractivity contribution in [2.24, 2.45) is 0 Å². The van der Waals surface area contributed by atoms with E-state index in [1.165, 1.54) is 5.56 Å². The van der Waals surface area contributed by atoms with Crippen LogP contribution in [0.3, 0.4) is 0 Å². The topological polar surface area (TPSA) is 82.7 Å². The Morgan fingerprint density at radius 1 is 1.16 bits per heavy atom. The molecule has 0 aliphatic carbocycles. The summed E-state index contributed by atoms with van der Waals surface area (Å²) in [5.41, 5.74) is 5.93. The van der Waals surface area contributed by atoms with Gasteiger partial charge >= 0.3 is 0 Å². The van der Waals surface area contributed by atoms with Crippen LogP contribution in [0.4, 0.5) is 11.4 Å². The standard InChI is InChI=1S/C26H23N5O/c1-3-14-28-26(32)22-7-5-6-8-23(22)29-20-9-11-21-24(30-31-25(21)17-20)12-10-19-16-18(4-2)13-15-27-19/h1,5-13,15-17,29H,4,14H2,2H3,(H,28,32)(H,30,31)/b12-10+. The number of nitrogens with zero attached hydrogens (tertiary/aromatic N) is 2. The summed E-state index contributed by atoms with van der Waals surface area (Å²) in [4.78, 5) is 16.8. The molecule has 0 bridgehead atoms. The molecule has 4 aromatic rings. The molecule has 2 heterocycles. The minimum absolute atomic E-state index is 0.182. The molecule has 158 valence electrons. The molecule has 32 heavy (non-hydrogen) atoms. The number of rotatable bonds is 7. The van der Waals surface area contributed by atoms with Gasteiger partial charge in [0.2, 0.25) is 0 Å². The highest BCUT2D eigenvalue weighted by Gasteiger charge is 2.11. The number of fused-ring (bicyclic) bond motifs is 1. The van der Waals surface area contributed by atoms with Gasteiger partial charge in [0.25, 0.3) is 5.91 Å². The van der Waals surface area contributed by atoms with E-state index in [1.54, 1.807) is 6.07 Å². The molecular formula is C26H23N5O. The summed E-state index contributed by atoms with van der Waals surface area (Å²) in [6, 6.07) is 17.3. The second-order valence-electron chi connectivity index (χ2n) is 7.20. The first kappa shape index (κ1) is 20.9. The second-order valence-corrected chi connectivity index (χ2v) is 7.20. The molecule has 0 saturated carbocycles. The third-order valence-corrected chi connectivity index (χ3v) is 5.06. The van der Waals surface area contributed by atoms with Crippen molar-refractivity contribution in [3.63, 3.8) is 0 Å². The Balaban J connectivity index is 1.56. The molecule has 0 spiro atoms. The summed E-state index contributed by atoms with van der Waals surface area (Å²) in [5.74, 6) is 2.19. The Kier molecular flexibility index (Phi) is 6.28. The maximum Gasteiger partial charge on any atom is 0.254 e. The van der Waals surface area contributed by atoms with E-state index in [-0.39, 0.29) is 12.5 Å². The molecule has 2 aromatic heterocycles. The van der Waals surface area contributed by atoms with Crippen molar-refractivity contribution in [3.8, 4) is 12.3 Å². The number of hydrogen-bond donors (Lipinski definition) is 3. The summed E-state index contributed by atoms with van der Waals surface area (Å²) in [7, 11) is 0. The van der Waals surface area contributed by atoms with Crippen LogP contribution in [0.15, 0.2) is 60.8 Å². The average Bonchev–Trinajstić information content (AvgIpc) is 3.24. The zero-order valence-corrected chi connectivity index (χ0v) is 17.7. The molecule has 0 aliphatic rings. The molecule has 0 aliphatic heterocycles. The fourth-order valence-electron chi connectivity index (χ4n) is 3.39. The van der Waals surface area contributed by atoms with Crippen molar-refractivity contribution >= 4 is 40.3 Å². The van der Waals surface area contributed by atoms with E-state index >= 15 is 0 Å². The van der Waals surface area contributed by atoms with Crippen LogP contribution in [0.5, 0.6) is 0 Å². The first-order valence-electron chi connectivity index (χ1n) is 10.4. The van der Waals surface area contributed by atoms with Gasteiger partial charge in [0.05, 0.1) is 34.7 Å². The van der Waals surface area contributed by atoms with Crippen LogP contribution >= 0.6 is 0 Å². The summed E-state index contributed by atoms with van der Waals surface area (Å²) >= 11 is 0. The lowest BCUT2D eigenvalue weighted by atomic mass is 10.1. The molecule has 3 N–H and O–H groups in total. The largest absolute Gasteiger partial charge is 0.355 e. The number of nitrogens with one attached hydrogen (secondary N) is 3. The van der Waals surface area contributed by atoms with Crippen LogP contribution in [-0.2, 0) is 6.42 Å². The van der Waals surface area contributed by atoms with Gasteiger partial charge in [0, 0.05) is 17.3 Å². The van der Waals surface area contributed by atoms with E-state index < -0.39 is 0 Å². The van der Waals surface area contributed by atoms with E-state index in [0.29, 0.717) is 11.3 Å². The van der Waals surface area contributed by atoms with Crippen LogP contribution in [0.1, 0.15) is 34.2 Å². The highest BCUT2D eigenvalue weighted by Crippen LogP contribution is 2.26. The Labute approximate surface area is 186 Å². The van der Waals surface area contributed by atoms with Gasteiger partial charge in [0.15, 0.2) is 0 Å². The van der Waals surface area contributed by atoms with E-state index in [9.17, 15) is 4.79 Å². The number of anilines is 2. The van der Waals surface area contributed by atoms with Gasteiger partial charge in [-0.3, -0.25) is 14.9 Å². The van der Waals surface area contributed by atoms with Crippen molar-refractivity contribution < 1.29 is 4.79 Å². The van der Waals surface area contributed by atoms with Gasteiger partial charge in [-0.15, -0.1) is 6.42 Å². The Bertz CT molecular complexity index is 1330. The van der Waals surface area contributed by atoms with Crippen molar-refractivity contribution in [1.82, 2.24) is 20.5 Å². The maximum atomic E-state index is 12.4. The molecule has 4 rings (SSSR count). The van der Waals surface area contributed by atoms with Crippen molar-refractivity contribution in [1.29, 1.82) is 0 Å². The van der Waals surface area contributed by atoms with Crippen LogP contribution in [-0.4, -0.2) is 27.6 Å². The van der Waals surface area contributed by atoms with Crippen LogP contribution < -0.4 is 10.6 Å². The summed E-state index contributed by atoms with van der Waals surface area (Å²) in [5, 5.41) is 14.5. The first-order valence-corrected chi connectivity index (χ1v) is 10.4. The van der Waals surface area contributed by atoms with E-state index in [4.69, 9.17) is 6.42 Å². The van der Waals surface area contributed by atoms with E-state index in [1.807, 2.05) is 60.8 Å². The minimum atomic E-state index is -0.221. The zero-order valence-electron chi connectivity index (χ0n) is 17.7. The molecule has 0 unspecified atom stereocenters. The van der Waals surface area contributed by atoms with Gasteiger partial charge in [-0.05, 0) is 66.6 Å². The zero-order chi connectivity index (χ0) is 22.3. The third-order valence-electron chi connectivity index (χ3n) is 5.06. The van der Waals surface area contributed by atoms with Crippen molar-refractivity contribution in [2.75, 3.05) is 11.9 Å². The Morgan fingerprint density at radius 2 is 2.03 bits per heavy atom. The lowest BCUT2D eigenvalue weighted by Crippen LogP contribution is -2.24. The Hall–Kier alpha value is -4.37. The summed E-state index contributed by atoms with van der Waals surface area (Å²) < 4.78 is 0. The molecule has 0 atom stereocenters. The maximum absolute atomic E-state index is 12.4. The number of amides is 1. The van der Waals surface area contributed by atoms with Gasteiger partial charge in [0.1, 0.15) is 0 Å². The van der Waals surface area contributed by atoms with Crippen LogP contribution in [0, 0.1) is 12.3 Å². The number of aromatic nitrogens is 3. The SMILES string of the molecule is C#CCNC(=O)c1ccccc1Nc1ccc2c(/C=C/c3cc(CC)ccn3)n[nH]c2c1. The molecule has 6 nitrogen and oxygen atoms in total. The number of carbonyl (C=O) groups excluding carboxylic acids is 1. The molecule has 0 radical (unpaired) electrons. The number of pyridine rings is 1. The molecule has 2 aromatic carbocycles. The number of carbonyl (C=O) groups is 1. The third kappa shape index (κ3) is 4.68. The van der Waals surface area contributed by atoms with E-state index in [0.717, 1.165) is 34.4 Å². The number of H-pyrrole nitrogens is 1. The fraction of sp³-hybridized carbons (Fsp3) is 0.115. The Morgan fingerprint density at radius 3 is 2.88 bits per heavy atom. The molecule has 1 amide bonds. The van der Waals surface area contributed by atoms with Crippen molar-refractivity contribution in [2.45, 2.75) is 13.3 Å². The normalized spacial score (nSPS) is 10.9. The van der Waals surface area contributed by atoms with Gasteiger partial charge < -0.3 is 10.6 Å². The molecule has 6 heteroatoms. The second kappa shape index (κ2) is 9.63. The number of para-hydroxylation sites is 1. The monoisotopic (exact) mass is 421 g/mol. The van der Waals surface area contributed by atoms with E-state index in [2.05, 4.69) is 44.7 Å². The van der Waals surface area contributed by atoms with Crippen molar-refractivity contribution in [3.05, 3.63) is 83.3 Å².